The molecule has 0 amide bonds. The quantitative estimate of drug-likeness (QED) is 0.757. The van der Waals surface area contributed by atoms with Gasteiger partial charge in [-0.1, -0.05) is 25.7 Å². The largest absolute Gasteiger partial charge is 0.326 e. The van der Waals surface area contributed by atoms with Crippen molar-refractivity contribution in [3.05, 3.63) is 0 Å². The molecule has 0 aromatic carbocycles. The van der Waals surface area contributed by atoms with Crippen molar-refractivity contribution in [3.63, 3.8) is 0 Å². The first-order valence-corrected chi connectivity index (χ1v) is 8.53. The van der Waals surface area contributed by atoms with Crippen LogP contribution in [0.4, 0.5) is 0 Å². The molecule has 1 nitrogen and oxygen atoms in total. The molecule has 2 fully saturated rings. The van der Waals surface area contributed by atoms with Crippen molar-refractivity contribution < 1.29 is 0 Å². The van der Waals surface area contributed by atoms with Gasteiger partial charge in [-0.3, -0.25) is 0 Å². The normalized spacial score (nSPS) is 32.2. The Labute approximate surface area is 102 Å². The van der Waals surface area contributed by atoms with Crippen molar-refractivity contribution >= 4 is 23.5 Å². The van der Waals surface area contributed by atoms with Gasteiger partial charge in [0.25, 0.3) is 0 Å². The van der Waals surface area contributed by atoms with Crippen LogP contribution >= 0.6 is 23.5 Å². The van der Waals surface area contributed by atoms with Crippen molar-refractivity contribution in [2.75, 3.05) is 17.3 Å². The minimum Gasteiger partial charge on any atom is -0.326 e. The Hall–Kier alpha value is 0.660. The Morgan fingerprint density at radius 1 is 1.00 bits per heavy atom. The van der Waals surface area contributed by atoms with Crippen LogP contribution < -0.4 is 5.73 Å². The predicted molar refractivity (Wildman–Crippen MR) is 72.7 cm³/mol. The van der Waals surface area contributed by atoms with E-state index in [1.165, 1.54) is 55.8 Å². The Bertz CT molecular complexity index is 172. The predicted octanol–water partition coefficient (Wildman–Crippen LogP) is 3.13. The zero-order valence-corrected chi connectivity index (χ0v) is 11.1. The maximum Gasteiger partial charge on any atom is 0.0292 e. The summed E-state index contributed by atoms with van der Waals surface area (Å²) < 4.78 is 0. The number of rotatable bonds is 2. The fraction of sp³-hybridized carbons (Fsp3) is 1.00. The molecule has 1 aliphatic carbocycles. The van der Waals surface area contributed by atoms with Crippen LogP contribution in [0.15, 0.2) is 0 Å². The highest BCUT2D eigenvalue weighted by molar-refractivity contribution is 8.06. The fourth-order valence-electron chi connectivity index (χ4n) is 2.73. The average molecular weight is 245 g/mol. The van der Waals surface area contributed by atoms with Crippen molar-refractivity contribution in [1.29, 1.82) is 0 Å². The van der Waals surface area contributed by atoms with Crippen LogP contribution in [0.2, 0.25) is 0 Å². The summed E-state index contributed by atoms with van der Waals surface area (Å²) in [6.45, 7) is 0. The lowest BCUT2D eigenvalue weighted by atomic mass is 9.91. The summed E-state index contributed by atoms with van der Waals surface area (Å²) in [5.74, 6) is 4.76. The minimum absolute atomic E-state index is 0.473. The standard InChI is InChI=1S/C12H23NS2/c13-12(11-9-14-7-8-15-11)10-5-3-1-2-4-6-10/h10-12H,1-9,13H2. The van der Waals surface area contributed by atoms with Gasteiger partial charge in [-0.2, -0.15) is 23.5 Å². The van der Waals surface area contributed by atoms with Crippen LogP contribution in [0.3, 0.4) is 0 Å². The molecule has 88 valence electrons. The van der Waals surface area contributed by atoms with E-state index < -0.39 is 0 Å². The molecule has 0 spiro atoms. The van der Waals surface area contributed by atoms with Crippen LogP contribution in [-0.4, -0.2) is 28.6 Å². The molecule has 2 atom stereocenters. The summed E-state index contributed by atoms with van der Waals surface area (Å²) in [5, 5.41) is 0.742. The van der Waals surface area contributed by atoms with Crippen molar-refractivity contribution in [2.45, 2.75) is 49.8 Å². The van der Waals surface area contributed by atoms with E-state index in [4.69, 9.17) is 5.73 Å². The molecule has 0 aromatic rings. The van der Waals surface area contributed by atoms with Crippen LogP contribution in [-0.2, 0) is 0 Å². The second-order valence-electron chi connectivity index (χ2n) is 4.81. The molecule has 1 heterocycles. The number of thioether (sulfide) groups is 2. The van der Waals surface area contributed by atoms with Crippen molar-refractivity contribution in [3.8, 4) is 0 Å². The monoisotopic (exact) mass is 245 g/mol. The van der Waals surface area contributed by atoms with E-state index in [1.54, 1.807) is 0 Å². The molecule has 1 saturated heterocycles. The molecule has 0 radical (unpaired) electrons. The van der Waals surface area contributed by atoms with Gasteiger partial charge in [-0.15, -0.1) is 0 Å². The molecule has 2 aliphatic rings. The molecule has 3 heteroatoms. The van der Waals surface area contributed by atoms with E-state index in [-0.39, 0.29) is 0 Å². The molecule has 2 rings (SSSR count). The van der Waals surface area contributed by atoms with Crippen LogP contribution in [0.5, 0.6) is 0 Å². The van der Waals surface area contributed by atoms with Gasteiger partial charge >= 0.3 is 0 Å². The topological polar surface area (TPSA) is 26.0 Å². The van der Waals surface area contributed by atoms with Crippen molar-refractivity contribution in [2.24, 2.45) is 11.7 Å². The highest BCUT2D eigenvalue weighted by atomic mass is 32.2. The van der Waals surface area contributed by atoms with E-state index in [1.807, 2.05) is 0 Å². The smallest absolute Gasteiger partial charge is 0.0292 e. The van der Waals surface area contributed by atoms with Crippen LogP contribution in [0.1, 0.15) is 38.5 Å². The molecule has 2 N–H and O–H groups in total. The minimum atomic E-state index is 0.473. The third-order valence-corrected chi connectivity index (χ3v) is 6.62. The molecular weight excluding hydrogens is 222 g/mol. The summed E-state index contributed by atoms with van der Waals surface area (Å²) in [6.07, 6.45) is 8.50. The second kappa shape index (κ2) is 6.41. The highest BCUT2D eigenvalue weighted by Gasteiger charge is 2.28. The molecule has 1 saturated carbocycles. The number of hydrogen-bond acceptors (Lipinski definition) is 3. The first-order valence-electron chi connectivity index (χ1n) is 6.33. The van der Waals surface area contributed by atoms with Gasteiger partial charge in [-0.05, 0) is 18.8 Å². The van der Waals surface area contributed by atoms with E-state index in [0.29, 0.717) is 6.04 Å². The molecule has 0 bridgehead atoms. The van der Waals surface area contributed by atoms with Gasteiger partial charge in [0.1, 0.15) is 0 Å². The lowest BCUT2D eigenvalue weighted by Gasteiger charge is -2.32. The summed E-state index contributed by atoms with van der Waals surface area (Å²) in [7, 11) is 0. The van der Waals surface area contributed by atoms with E-state index in [2.05, 4.69) is 23.5 Å². The van der Waals surface area contributed by atoms with Gasteiger partial charge in [0.05, 0.1) is 0 Å². The lowest BCUT2D eigenvalue weighted by Crippen LogP contribution is -2.42. The lowest BCUT2D eigenvalue weighted by molar-refractivity contribution is 0.374. The number of hydrogen-bond donors (Lipinski definition) is 1. The summed E-state index contributed by atoms with van der Waals surface area (Å²) in [4.78, 5) is 0. The van der Waals surface area contributed by atoms with E-state index >= 15 is 0 Å². The summed E-state index contributed by atoms with van der Waals surface area (Å²) >= 11 is 4.23. The zero-order valence-electron chi connectivity index (χ0n) is 9.49. The average Bonchev–Trinajstić information content (AvgIpc) is 2.58. The summed E-state index contributed by atoms with van der Waals surface area (Å²) in [6, 6.07) is 0.473. The summed E-state index contributed by atoms with van der Waals surface area (Å²) in [5.41, 5.74) is 6.46. The van der Waals surface area contributed by atoms with Crippen LogP contribution in [0, 0.1) is 5.92 Å². The van der Waals surface area contributed by atoms with Crippen LogP contribution in [0.25, 0.3) is 0 Å². The van der Waals surface area contributed by atoms with Crippen molar-refractivity contribution in [1.82, 2.24) is 0 Å². The molecular formula is C12H23NS2. The fourth-order valence-corrected chi connectivity index (χ4v) is 5.63. The maximum absolute atomic E-state index is 6.46. The SMILES string of the molecule is NC(C1CCCCCC1)C1CSCCS1. The first-order chi connectivity index (χ1) is 7.38. The highest BCUT2D eigenvalue weighted by Crippen LogP contribution is 2.33. The van der Waals surface area contributed by atoms with Gasteiger partial charge in [0, 0.05) is 28.6 Å². The van der Waals surface area contributed by atoms with E-state index in [0.717, 1.165) is 11.2 Å². The third-order valence-electron chi connectivity index (χ3n) is 3.72. The Morgan fingerprint density at radius 2 is 1.73 bits per heavy atom. The maximum atomic E-state index is 6.46. The molecule has 1 aliphatic heterocycles. The molecule has 0 aromatic heterocycles. The van der Waals surface area contributed by atoms with Gasteiger partial charge in [-0.25, -0.2) is 0 Å². The molecule has 2 unspecified atom stereocenters. The second-order valence-corrected chi connectivity index (χ2v) is 7.31. The third kappa shape index (κ3) is 3.57. The zero-order chi connectivity index (χ0) is 10.5. The first kappa shape index (κ1) is 12.1. The Kier molecular flexibility index (Phi) is 5.18. The van der Waals surface area contributed by atoms with Gasteiger partial charge < -0.3 is 5.73 Å². The van der Waals surface area contributed by atoms with Gasteiger partial charge in [0.15, 0.2) is 0 Å². The van der Waals surface area contributed by atoms with E-state index in [9.17, 15) is 0 Å². The molecule has 15 heavy (non-hydrogen) atoms. The number of nitrogens with two attached hydrogens (primary N) is 1. The Morgan fingerprint density at radius 3 is 2.33 bits per heavy atom. The van der Waals surface area contributed by atoms with Gasteiger partial charge in [0.2, 0.25) is 0 Å². The Balaban J connectivity index is 1.83.